The average Bonchev–Trinajstić information content (AvgIpc) is 2.99. The van der Waals surface area contributed by atoms with Gasteiger partial charge in [-0.15, -0.1) is 0 Å². The molecule has 1 aliphatic heterocycles. The van der Waals surface area contributed by atoms with Crippen LogP contribution in [0.15, 0.2) is 48.0 Å². The van der Waals surface area contributed by atoms with Crippen molar-refractivity contribution in [2.24, 2.45) is 0 Å². The molecule has 0 radical (unpaired) electrons. The Morgan fingerprint density at radius 3 is 2.42 bits per heavy atom. The smallest absolute Gasteiger partial charge is 0.295 e. The minimum Gasteiger partial charge on any atom is -0.508 e. The van der Waals surface area contributed by atoms with E-state index in [9.17, 15) is 19.8 Å². The second-order valence-corrected chi connectivity index (χ2v) is 7.11. The summed E-state index contributed by atoms with van der Waals surface area (Å²) in [5.74, 6) is -0.843. The van der Waals surface area contributed by atoms with E-state index in [2.05, 4.69) is 0 Å². The van der Waals surface area contributed by atoms with E-state index in [1.54, 1.807) is 30.3 Å². The van der Waals surface area contributed by atoms with Gasteiger partial charge in [0.25, 0.3) is 11.7 Å². The van der Waals surface area contributed by atoms with Gasteiger partial charge in [0, 0.05) is 12.6 Å². The van der Waals surface area contributed by atoms with Crippen molar-refractivity contribution in [1.29, 1.82) is 0 Å². The standard InChI is InChI=1S/C24H27NO6/c1-4-12-25-21(15-8-7-9-16(26)13-15)20(23(28)24(25)29)22(27)18-11-10-17(30-5-2)14-19(18)31-6-3/h7-11,13-14,21,26-27H,4-6,12H2,1-3H3/b22-20-. The topological polar surface area (TPSA) is 96.3 Å². The zero-order valence-corrected chi connectivity index (χ0v) is 17.9. The first-order chi connectivity index (χ1) is 14.9. The monoisotopic (exact) mass is 425 g/mol. The van der Waals surface area contributed by atoms with E-state index in [4.69, 9.17) is 9.47 Å². The zero-order valence-electron chi connectivity index (χ0n) is 17.9. The lowest BCUT2D eigenvalue weighted by Gasteiger charge is -2.25. The Hall–Kier alpha value is -3.48. The summed E-state index contributed by atoms with van der Waals surface area (Å²) in [6.07, 6.45) is 0.635. The van der Waals surface area contributed by atoms with Gasteiger partial charge in [-0.05, 0) is 50.1 Å². The van der Waals surface area contributed by atoms with Gasteiger partial charge < -0.3 is 24.6 Å². The average molecular weight is 425 g/mol. The van der Waals surface area contributed by atoms with Gasteiger partial charge in [-0.25, -0.2) is 0 Å². The molecule has 164 valence electrons. The predicted octanol–water partition coefficient (Wildman–Crippen LogP) is 4.02. The number of carbonyl (C=O) groups excluding carboxylic acids is 2. The van der Waals surface area contributed by atoms with Gasteiger partial charge in [0.2, 0.25) is 0 Å². The highest BCUT2D eigenvalue weighted by molar-refractivity contribution is 6.46. The summed E-state index contributed by atoms with van der Waals surface area (Å²) in [5.41, 5.74) is 0.803. The number of phenols is 1. The SMILES string of the molecule is CCCN1C(=O)C(=O)/C(=C(\O)c2ccc(OCC)cc2OCC)C1c1cccc(O)c1. The number of hydrogen-bond donors (Lipinski definition) is 2. The highest BCUT2D eigenvalue weighted by Gasteiger charge is 2.46. The quantitative estimate of drug-likeness (QED) is 0.377. The van der Waals surface area contributed by atoms with Gasteiger partial charge in [-0.3, -0.25) is 9.59 Å². The number of nitrogens with zero attached hydrogens (tertiary/aromatic N) is 1. The molecule has 1 saturated heterocycles. The normalized spacial score (nSPS) is 17.8. The summed E-state index contributed by atoms with van der Waals surface area (Å²) in [7, 11) is 0. The minimum absolute atomic E-state index is 0.00987. The van der Waals surface area contributed by atoms with Gasteiger partial charge in [-0.1, -0.05) is 19.1 Å². The fourth-order valence-corrected chi connectivity index (χ4v) is 3.77. The van der Waals surface area contributed by atoms with Crippen molar-refractivity contribution in [2.75, 3.05) is 19.8 Å². The molecule has 2 N–H and O–H groups in total. The molecule has 0 saturated carbocycles. The minimum atomic E-state index is -0.812. The molecule has 7 nitrogen and oxygen atoms in total. The van der Waals surface area contributed by atoms with Gasteiger partial charge in [-0.2, -0.15) is 0 Å². The third kappa shape index (κ3) is 4.35. The summed E-state index contributed by atoms with van der Waals surface area (Å²) in [6.45, 7) is 6.72. The summed E-state index contributed by atoms with van der Waals surface area (Å²) < 4.78 is 11.2. The van der Waals surface area contributed by atoms with Crippen LogP contribution in [-0.4, -0.2) is 46.6 Å². The highest BCUT2D eigenvalue weighted by atomic mass is 16.5. The highest BCUT2D eigenvalue weighted by Crippen LogP contribution is 2.42. The Bertz CT molecular complexity index is 1010. The molecule has 1 unspecified atom stereocenters. The molecule has 0 aromatic heterocycles. The predicted molar refractivity (Wildman–Crippen MR) is 116 cm³/mol. The molecule has 2 aromatic carbocycles. The van der Waals surface area contributed by atoms with E-state index in [1.807, 2.05) is 20.8 Å². The Morgan fingerprint density at radius 1 is 1.03 bits per heavy atom. The first kappa shape index (κ1) is 22.2. The molecule has 2 aromatic rings. The molecule has 3 rings (SSSR count). The van der Waals surface area contributed by atoms with Crippen LogP contribution < -0.4 is 9.47 Å². The molecule has 31 heavy (non-hydrogen) atoms. The van der Waals surface area contributed by atoms with Crippen LogP contribution in [0.4, 0.5) is 0 Å². The van der Waals surface area contributed by atoms with E-state index in [0.29, 0.717) is 48.8 Å². The van der Waals surface area contributed by atoms with Crippen molar-refractivity contribution < 1.29 is 29.3 Å². The van der Waals surface area contributed by atoms with E-state index < -0.39 is 17.7 Å². The first-order valence-electron chi connectivity index (χ1n) is 10.4. The van der Waals surface area contributed by atoms with Gasteiger partial charge in [0.05, 0.1) is 30.4 Å². The van der Waals surface area contributed by atoms with E-state index in [1.165, 1.54) is 17.0 Å². The van der Waals surface area contributed by atoms with Crippen LogP contribution in [0.2, 0.25) is 0 Å². The van der Waals surface area contributed by atoms with Crippen molar-refractivity contribution in [3.05, 3.63) is 59.2 Å². The lowest BCUT2D eigenvalue weighted by atomic mass is 9.94. The summed E-state index contributed by atoms with van der Waals surface area (Å²) in [6, 6.07) is 10.5. The summed E-state index contributed by atoms with van der Waals surface area (Å²) >= 11 is 0. The number of aromatic hydroxyl groups is 1. The van der Waals surface area contributed by atoms with Crippen LogP contribution in [0, 0.1) is 0 Å². The molecular formula is C24H27NO6. The Kier molecular flexibility index (Phi) is 6.84. The maximum atomic E-state index is 13.0. The fourth-order valence-electron chi connectivity index (χ4n) is 3.77. The number of rotatable bonds is 8. The largest absolute Gasteiger partial charge is 0.508 e. The maximum absolute atomic E-state index is 13.0. The van der Waals surface area contributed by atoms with Crippen molar-refractivity contribution in [3.63, 3.8) is 0 Å². The molecule has 0 bridgehead atoms. The fraction of sp³-hybridized carbons (Fsp3) is 0.333. The van der Waals surface area contributed by atoms with Crippen LogP contribution in [-0.2, 0) is 9.59 Å². The number of phenolic OH excluding ortho intramolecular Hbond substituents is 1. The molecule has 0 spiro atoms. The summed E-state index contributed by atoms with van der Waals surface area (Å²) in [4.78, 5) is 27.2. The Morgan fingerprint density at radius 2 is 1.77 bits per heavy atom. The number of benzene rings is 2. The molecule has 0 aliphatic carbocycles. The zero-order chi connectivity index (χ0) is 22.5. The van der Waals surface area contributed by atoms with Gasteiger partial charge >= 0.3 is 0 Å². The van der Waals surface area contributed by atoms with E-state index >= 15 is 0 Å². The Labute approximate surface area is 181 Å². The number of likely N-dealkylation sites (tertiary alicyclic amines) is 1. The van der Waals surface area contributed by atoms with Crippen molar-refractivity contribution in [2.45, 2.75) is 33.2 Å². The molecule has 1 amide bonds. The van der Waals surface area contributed by atoms with Crippen LogP contribution in [0.1, 0.15) is 44.4 Å². The van der Waals surface area contributed by atoms with Gasteiger partial charge in [0.1, 0.15) is 23.0 Å². The van der Waals surface area contributed by atoms with Crippen LogP contribution in [0.25, 0.3) is 5.76 Å². The lowest BCUT2D eigenvalue weighted by Crippen LogP contribution is -2.30. The number of ketones is 1. The third-order valence-corrected chi connectivity index (χ3v) is 5.01. The van der Waals surface area contributed by atoms with Crippen LogP contribution in [0.5, 0.6) is 17.2 Å². The molecule has 1 fully saturated rings. The lowest BCUT2D eigenvalue weighted by molar-refractivity contribution is -0.139. The van der Waals surface area contributed by atoms with Crippen LogP contribution in [0.3, 0.4) is 0 Å². The van der Waals surface area contributed by atoms with Crippen molar-refractivity contribution >= 4 is 17.4 Å². The second kappa shape index (κ2) is 9.55. The molecule has 7 heteroatoms. The third-order valence-electron chi connectivity index (χ3n) is 5.01. The molecule has 1 atom stereocenters. The van der Waals surface area contributed by atoms with Crippen LogP contribution >= 0.6 is 0 Å². The number of Topliss-reactive ketones (excluding diaryl/α,β-unsaturated/α-hetero) is 1. The van der Waals surface area contributed by atoms with Crippen molar-refractivity contribution in [1.82, 2.24) is 4.90 Å². The number of hydrogen-bond acceptors (Lipinski definition) is 6. The Balaban J connectivity index is 2.20. The van der Waals surface area contributed by atoms with Gasteiger partial charge in [0.15, 0.2) is 0 Å². The van der Waals surface area contributed by atoms with E-state index in [0.717, 1.165) is 0 Å². The number of ether oxygens (including phenoxy) is 2. The first-order valence-corrected chi connectivity index (χ1v) is 10.4. The molecule has 1 heterocycles. The maximum Gasteiger partial charge on any atom is 0.295 e. The molecule has 1 aliphatic rings. The second-order valence-electron chi connectivity index (χ2n) is 7.11. The van der Waals surface area contributed by atoms with E-state index in [-0.39, 0.29) is 17.1 Å². The number of aliphatic hydroxyl groups excluding tert-OH is 1. The number of aliphatic hydroxyl groups is 1. The van der Waals surface area contributed by atoms with Crippen molar-refractivity contribution in [3.8, 4) is 17.2 Å². The number of carbonyl (C=O) groups is 2. The summed E-state index contributed by atoms with van der Waals surface area (Å²) in [5, 5.41) is 21.2. The molecular weight excluding hydrogens is 398 g/mol. The number of amides is 1.